The minimum absolute atomic E-state index is 0.154. The van der Waals surface area contributed by atoms with Gasteiger partial charge in [0.2, 0.25) is 0 Å². The minimum Gasteiger partial charge on any atom is -0.508 e. The number of phenolic OH excluding ortho intramolecular Hbond substituents is 1. The summed E-state index contributed by atoms with van der Waals surface area (Å²) in [7, 11) is 0. The second-order valence-electron chi connectivity index (χ2n) is 3.47. The molecule has 0 aliphatic heterocycles. The van der Waals surface area contributed by atoms with E-state index < -0.39 is 0 Å². The predicted octanol–water partition coefficient (Wildman–Crippen LogP) is 1.99. The van der Waals surface area contributed by atoms with Crippen LogP contribution in [0.2, 0.25) is 0 Å². The van der Waals surface area contributed by atoms with Crippen LogP contribution in [-0.2, 0) is 0 Å². The molecule has 0 aliphatic carbocycles. The Hall–Kier alpha value is -2.08. The zero-order chi connectivity index (χ0) is 12.4. The summed E-state index contributed by atoms with van der Waals surface area (Å²) in [5.74, 6) is -0.0939. The summed E-state index contributed by atoms with van der Waals surface area (Å²) in [6.07, 6.45) is 0. The van der Waals surface area contributed by atoms with Gasteiger partial charge in [-0.3, -0.25) is 4.79 Å². The molecule has 2 aromatic rings. The van der Waals surface area contributed by atoms with Crippen molar-refractivity contribution in [1.82, 2.24) is 4.98 Å². The molecule has 1 aromatic carbocycles. The van der Waals surface area contributed by atoms with Gasteiger partial charge in [-0.1, -0.05) is 11.3 Å². The largest absolute Gasteiger partial charge is 0.508 e. The van der Waals surface area contributed by atoms with Crippen LogP contribution >= 0.6 is 11.3 Å². The van der Waals surface area contributed by atoms with E-state index in [1.165, 1.54) is 12.1 Å². The fourth-order valence-electron chi connectivity index (χ4n) is 1.36. The fourth-order valence-corrected chi connectivity index (χ4v) is 2.09. The summed E-state index contributed by atoms with van der Waals surface area (Å²) in [5, 5.41) is 12.2. The first-order valence-electron chi connectivity index (χ1n) is 4.89. The molecule has 4 N–H and O–H groups in total. The first-order chi connectivity index (χ1) is 8.06. The molecule has 88 valence electrons. The number of amides is 1. The standard InChI is InChI=1S/C11H11N3O2S/c1-6-9(17-11(12)13-6)10(16)14-7-2-4-8(15)5-3-7/h2-5,15H,1H3,(H2,12,13)(H,14,16). The van der Waals surface area contributed by atoms with E-state index in [2.05, 4.69) is 10.3 Å². The Balaban J connectivity index is 2.17. The average Bonchev–Trinajstić information content (AvgIpc) is 2.61. The van der Waals surface area contributed by atoms with Gasteiger partial charge in [0.15, 0.2) is 5.13 Å². The van der Waals surface area contributed by atoms with E-state index in [1.807, 2.05) is 0 Å². The van der Waals surface area contributed by atoms with Gasteiger partial charge < -0.3 is 16.2 Å². The normalized spacial score (nSPS) is 10.2. The lowest BCUT2D eigenvalue weighted by molar-refractivity contribution is 0.103. The molecule has 0 saturated carbocycles. The van der Waals surface area contributed by atoms with Gasteiger partial charge in [0.05, 0.1) is 5.69 Å². The van der Waals surface area contributed by atoms with Crippen LogP contribution in [0, 0.1) is 6.92 Å². The molecule has 1 aromatic heterocycles. The van der Waals surface area contributed by atoms with E-state index in [1.54, 1.807) is 19.1 Å². The number of carbonyl (C=O) groups excluding carboxylic acids is 1. The van der Waals surface area contributed by atoms with Crippen molar-refractivity contribution in [1.29, 1.82) is 0 Å². The Morgan fingerprint density at radius 2 is 2.06 bits per heavy atom. The third-order valence-electron chi connectivity index (χ3n) is 2.14. The van der Waals surface area contributed by atoms with Crippen LogP contribution < -0.4 is 11.1 Å². The van der Waals surface area contributed by atoms with Gasteiger partial charge in [-0.15, -0.1) is 0 Å². The third kappa shape index (κ3) is 2.54. The van der Waals surface area contributed by atoms with Gasteiger partial charge in [-0.05, 0) is 31.2 Å². The number of nitrogens with zero attached hydrogens (tertiary/aromatic N) is 1. The number of phenols is 1. The predicted molar refractivity (Wildman–Crippen MR) is 67.3 cm³/mol. The van der Waals surface area contributed by atoms with E-state index in [0.717, 1.165) is 11.3 Å². The molecule has 6 heteroatoms. The lowest BCUT2D eigenvalue weighted by Gasteiger charge is -2.03. The maximum atomic E-state index is 11.9. The quantitative estimate of drug-likeness (QED) is 0.710. The number of anilines is 2. The second-order valence-corrected chi connectivity index (χ2v) is 4.50. The van der Waals surface area contributed by atoms with Crippen molar-refractivity contribution in [3.05, 3.63) is 34.8 Å². The maximum Gasteiger partial charge on any atom is 0.267 e. The monoisotopic (exact) mass is 249 g/mol. The summed E-state index contributed by atoms with van der Waals surface area (Å²) in [5.41, 5.74) is 6.75. The van der Waals surface area contributed by atoms with Gasteiger partial charge in [0.1, 0.15) is 10.6 Å². The lowest BCUT2D eigenvalue weighted by Crippen LogP contribution is -2.11. The third-order valence-corrected chi connectivity index (χ3v) is 3.13. The zero-order valence-electron chi connectivity index (χ0n) is 9.10. The Kier molecular flexibility index (Phi) is 2.97. The van der Waals surface area contributed by atoms with Crippen molar-refractivity contribution in [3.8, 4) is 5.75 Å². The Morgan fingerprint density at radius 3 is 2.59 bits per heavy atom. The maximum absolute atomic E-state index is 11.9. The first kappa shape index (κ1) is 11.4. The number of aromatic nitrogens is 1. The highest BCUT2D eigenvalue weighted by atomic mass is 32.1. The molecule has 0 radical (unpaired) electrons. The molecule has 2 rings (SSSR count). The van der Waals surface area contributed by atoms with Crippen LogP contribution in [0.3, 0.4) is 0 Å². The molecule has 0 fully saturated rings. The minimum atomic E-state index is -0.248. The summed E-state index contributed by atoms with van der Waals surface area (Å²) in [6, 6.07) is 6.24. The number of aryl methyl sites for hydroxylation is 1. The van der Waals surface area contributed by atoms with Crippen LogP contribution in [0.1, 0.15) is 15.4 Å². The van der Waals surface area contributed by atoms with E-state index in [9.17, 15) is 4.79 Å². The van der Waals surface area contributed by atoms with Crippen molar-refractivity contribution in [2.45, 2.75) is 6.92 Å². The molecule has 0 atom stereocenters. The Bertz CT molecular complexity index is 548. The topological polar surface area (TPSA) is 88.2 Å². The molecule has 17 heavy (non-hydrogen) atoms. The number of nitrogens with two attached hydrogens (primary N) is 1. The molecule has 0 aliphatic rings. The van der Waals surface area contributed by atoms with Gasteiger partial charge in [0.25, 0.3) is 5.91 Å². The van der Waals surface area contributed by atoms with Gasteiger partial charge in [-0.2, -0.15) is 0 Å². The SMILES string of the molecule is Cc1nc(N)sc1C(=O)Nc1ccc(O)cc1. The number of aromatic hydroxyl groups is 1. The molecule has 0 bridgehead atoms. The zero-order valence-corrected chi connectivity index (χ0v) is 9.91. The number of carbonyl (C=O) groups is 1. The van der Waals surface area contributed by atoms with Crippen LogP contribution in [0.4, 0.5) is 10.8 Å². The van der Waals surface area contributed by atoms with Crippen LogP contribution in [-0.4, -0.2) is 16.0 Å². The number of nitrogens with one attached hydrogen (secondary N) is 1. The highest BCUT2D eigenvalue weighted by molar-refractivity contribution is 7.17. The number of nitrogen functional groups attached to an aromatic ring is 1. The van der Waals surface area contributed by atoms with E-state index in [4.69, 9.17) is 10.8 Å². The number of benzene rings is 1. The van der Waals surface area contributed by atoms with E-state index in [0.29, 0.717) is 21.4 Å². The number of thiazole rings is 1. The average molecular weight is 249 g/mol. The van der Waals surface area contributed by atoms with Crippen molar-refractivity contribution in [2.24, 2.45) is 0 Å². The summed E-state index contributed by atoms with van der Waals surface area (Å²) in [6.45, 7) is 1.73. The molecule has 1 amide bonds. The van der Waals surface area contributed by atoms with Crippen molar-refractivity contribution in [2.75, 3.05) is 11.1 Å². The molecule has 5 nitrogen and oxygen atoms in total. The number of hydrogen-bond acceptors (Lipinski definition) is 5. The lowest BCUT2D eigenvalue weighted by atomic mass is 10.3. The Labute approximate surface area is 102 Å². The highest BCUT2D eigenvalue weighted by Gasteiger charge is 2.14. The van der Waals surface area contributed by atoms with Crippen molar-refractivity contribution < 1.29 is 9.90 Å². The summed E-state index contributed by atoms with van der Waals surface area (Å²) >= 11 is 1.15. The van der Waals surface area contributed by atoms with Gasteiger partial charge in [-0.25, -0.2) is 4.98 Å². The fraction of sp³-hybridized carbons (Fsp3) is 0.0909. The molecular formula is C11H11N3O2S. The van der Waals surface area contributed by atoms with Gasteiger partial charge >= 0.3 is 0 Å². The molecule has 1 heterocycles. The molecule has 0 unspecified atom stereocenters. The molecule has 0 saturated heterocycles. The summed E-state index contributed by atoms with van der Waals surface area (Å²) < 4.78 is 0. The van der Waals surface area contributed by atoms with Crippen molar-refractivity contribution >= 4 is 28.1 Å². The van der Waals surface area contributed by atoms with Crippen LogP contribution in [0.15, 0.2) is 24.3 Å². The summed E-state index contributed by atoms with van der Waals surface area (Å²) in [4.78, 5) is 16.4. The molecular weight excluding hydrogens is 238 g/mol. The first-order valence-corrected chi connectivity index (χ1v) is 5.71. The number of hydrogen-bond donors (Lipinski definition) is 3. The highest BCUT2D eigenvalue weighted by Crippen LogP contribution is 2.21. The van der Waals surface area contributed by atoms with E-state index >= 15 is 0 Å². The second kappa shape index (κ2) is 4.42. The molecule has 0 spiro atoms. The van der Waals surface area contributed by atoms with E-state index in [-0.39, 0.29) is 11.7 Å². The van der Waals surface area contributed by atoms with Gasteiger partial charge in [0, 0.05) is 5.69 Å². The number of rotatable bonds is 2. The smallest absolute Gasteiger partial charge is 0.267 e. The van der Waals surface area contributed by atoms with Crippen LogP contribution in [0.5, 0.6) is 5.75 Å². The Morgan fingerprint density at radius 1 is 1.41 bits per heavy atom. The van der Waals surface area contributed by atoms with Crippen LogP contribution in [0.25, 0.3) is 0 Å². The van der Waals surface area contributed by atoms with Crippen molar-refractivity contribution in [3.63, 3.8) is 0 Å².